The summed E-state index contributed by atoms with van der Waals surface area (Å²) in [4.78, 5) is 11.2. The molecule has 2 amide bonds. The van der Waals surface area contributed by atoms with Crippen molar-refractivity contribution in [2.45, 2.75) is 18.9 Å². The molecule has 100 valence electrons. The topological polar surface area (TPSA) is 61.4 Å². The SMILES string of the molecule is O=C(NCC(F)F)NC(CO)Cc1ccccc1. The highest BCUT2D eigenvalue weighted by Gasteiger charge is 2.12. The molecule has 1 atom stereocenters. The van der Waals surface area contributed by atoms with E-state index in [1.54, 1.807) is 0 Å². The van der Waals surface area contributed by atoms with E-state index in [-0.39, 0.29) is 6.61 Å². The Bertz CT molecular complexity index is 360. The Morgan fingerprint density at radius 1 is 1.28 bits per heavy atom. The molecule has 6 heteroatoms. The van der Waals surface area contributed by atoms with Gasteiger partial charge in [0.25, 0.3) is 6.43 Å². The first-order valence-corrected chi connectivity index (χ1v) is 5.59. The van der Waals surface area contributed by atoms with Crippen molar-refractivity contribution >= 4 is 6.03 Å². The third-order valence-corrected chi connectivity index (χ3v) is 2.30. The van der Waals surface area contributed by atoms with Gasteiger partial charge in [0.15, 0.2) is 0 Å². The van der Waals surface area contributed by atoms with Gasteiger partial charge in [-0.05, 0) is 12.0 Å². The molecule has 0 spiro atoms. The Morgan fingerprint density at radius 3 is 2.50 bits per heavy atom. The molecule has 0 aromatic heterocycles. The molecule has 1 aromatic rings. The van der Waals surface area contributed by atoms with Gasteiger partial charge in [0.2, 0.25) is 0 Å². The van der Waals surface area contributed by atoms with Crippen LogP contribution in [0.4, 0.5) is 13.6 Å². The highest BCUT2D eigenvalue weighted by Crippen LogP contribution is 2.02. The molecular weight excluding hydrogens is 242 g/mol. The Kier molecular flexibility index (Phi) is 6.07. The summed E-state index contributed by atoms with van der Waals surface area (Å²) in [6.45, 7) is -0.952. The van der Waals surface area contributed by atoms with Crippen molar-refractivity contribution in [3.8, 4) is 0 Å². The van der Waals surface area contributed by atoms with Crippen LogP contribution in [0.15, 0.2) is 30.3 Å². The number of urea groups is 1. The molecule has 1 unspecified atom stereocenters. The normalized spacial score (nSPS) is 12.2. The molecule has 0 saturated carbocycles. The van der Waals surface area contributed by atoms with Crippen molar-refractivity contribution in [1.29, 1.82) is 0 Å². The van der Waals surface area contributed by atoms with Crippen molar-refractivity contribution in [2.24, 2.45) is 0 Å². The summed E-state index contributed by atoms with van der Waals surface area (Å²) in [6.07, 6.45) is -2.14. The van der Waals surface area contributed by atoms with E-state index in [4.69, 9.17) is 5.11 Å². The van der Waals surface area contributed by atoms with Crippen LogP contribution in [0.1, 0.15) is 5.56 Å². The number of amides is 2. The summed E-state index contributed by atoms with van der Waals surface area (Å²) in [5, 5.41) is 13.6. The van der Waals surface area contributed by atoms with Gasteiger partial charge in [-0.3, -0.25) is 0 Å². The Balaban J connectivity index is 2.40. The molecule has 0 aliphatic carbocycles. The summed E-state index contributed by atoms with van der Waals surface area (Å²) < 4.78 is 23.7. The van der Waals surface area contributed by atoms with E-state index in [9.17, 15) is 13.6 Å². The number of alkyl halides is 2. The Labute approximate surface area is 104 Å². The zero-order valence-corrected chi connectivity index (χ0v) is 9.77. The average molecular weight is 258 g/mol. The van der Waals surface area contributed by atoms with Crippen LogP contribution in [0.5, 0.6) is 0 Å². The van der Waals surface area contributed by atoms with E-state index >= 15 is 0 Å². The summed E-state index contributed by atoms with van der Waals surface area (Å²) >= 11 is 0. The van der Waals surface area contributed by atoms with E-state index in [2.05, 4.69) is 5.32 Å². The molecule has 0 fully saturated rings. The number of aliphatic hydroxyl groups is 1. The van der Waals surface area contributed by atoms with E-state index in [1.807, 2.05) is 35.6 Å². The van der Waals surface area contributed by atoms with Crippen molar-refractivity contribution < 1.29 is 18.7 Å². The predicted molar refractivity (Wildman–Crippen MR) is 63.6 cm³/mol. The van der Waals surface area contributed by atoms with E-state index in [1.165, 1.54) is 0 Å². The monoisotopic (exact) mass is 258 g/mol. The van der Waals surface area contributed by atoms with Crippen LogP contribution in [-0.4, -0.2) is 36.8 Å². The molecular formula is C12H16F2N2O2. The zero-order chi connectivity index (χ0) is 13.4. The molecule has 0 aliphatic heterocycles. The van der Waals surface area contributed by atoms with Crippen LogP contribution >= 0.6 is 0 Å². The zero-order valence-electron chi connectivity index (χ0n) is 9.77. The maximum Gasteiger partial charge on any atom is 0.315 e. The fraction of sp³-hybridized carbons (Fsp3) is 0.417. The number of halogens is 2. The van der Waals surface area contributed by atoms with Crippen molar-refractivity contribution in [3.63, 3.8) is 0 Å². The molecule has 0 saturated heterocycles. The lowest BCUT2D eigenvalue weighted by Crippen LogP contribution is -2.46. The summed E-state index contributed by atoms with van der Waals surface area (Å²) in [7, 11) is 0. The average Bonchev–Trinajstić information content (AvgIpc) is 2.37. The molecule has 1 aromatic carbocycles. The first-order valence-electron chi connectivity index (χ1n) is 5.59. The summed E-state index contributed by atoms with van der Waals surface area (Å²) in [5.74, 6) is 0. The molecule has 0 radical (unpaired) electrons. The molecule has 4 nitrogen and oxygen atoms in total. The molecule has 0 aliphatic rings. The fourth-order valence-electron chi connectivity index (χ4n) is 1.47. The quantitative estimate of drug-likeness (QED) is 0.717. The number of hydrogen-bond donors (Lipinski definition) is 3. The lowest BCUT2D eigenvalue weighted by Gasteiger charge is -2.16. The molecule has 0 bridgehead atoms. The number of carbonyl (C=O) groups is 1. The van der Waals surface area contributed by atoms with E-state index < -0.39 is 25.0 Å². The maximum atomic E-state index is 11.9. The summed E-state index contributed by atoms with van der Waals surface area (Å²) in [6, 6.07) is 8.08. The van der Waals surface area contributed by atoms with Crippen LogP contribution in [0, 0.1) is 0 Å². The van der Waals surface area contributed by atoms with Crippen molar-refractivity contribution in [3.05, 3.63) is 35.9 Å². The van der Waals surface area contributed by atoms with Crippen molar-refractivity contribution in [2.75, 3.05) is 13.2 Å². The van der Waals surface area contributed by atoms with Gasteiger partial charge in [-0.1, -0.05) is 30.3 Å². The molecule has 3 N–H and O–H groups in total. The van der Waals surface area contributed by atoms with Gasteiger partial charge in [0, 0.05) is 0 Å². The molecule has 0 heterocycles. The first-order chi connectivity index (χ1) is 8.61. The number of nitrogens with one attached hydrogen (secondary N) is 2. The van der Waals surface area contributed by atoms with Crippen LogP contribution < -0.4 is 10.6 Å². The van der Waals surface area contributed by atoms with Gasteiger partial charge in [0.1, 0.15) is 0 Å². The minimum Gasteiger partial charge on any atom is -0.394 e. The Hall–Kier alpha value is -1.69. The minimum absolute atomic E-state index is 0.253. The van der Waals surface area contributed by atoms with Gasteiger partial charge in [-0.15, -0.1) is 0 Å². The minimum atomic E-state index is -2.59. The van der Waals surface area contributed by atoms with Crippen LogP contribution in [0.2, 0.25) is 0 Å². The number of rotatable bonds is 6. The second-order valence-corrected chi connectivity index (χ2v) is 3.81. The standard InChI is InChI=1S/C12H16F2N2O2/c13-11(14)7-15-12(18)16-10(8-17)6-9-4-2-1-3-5-9/h1-5,10-11,17H,6-8H2,(H2,15,16,18). The number of aliphatic hydroxyl groups excluding tert-OH is 1. The third kappa shape index (κ3) is 5.58. The van der Waals surface area contributed by atoms with Gasteiger partial charge >= 0.3 is 6.03 Å². The Morgan fingerprint density at radius 2 is 1.94 bits per heavy atom. The van der Waals surface area contributed by atoms with Crippen LogP contribution in [-0.2, 0) is 6.42 Å². The van der Waals surface area contributed by atoms with Gasteiger partial charge < -0.3 is 15.7 Å². The van der Waals surface area contributed by atoms with Crippen molar-refractivity contribution in [1.82, 2.24) is 10.6 Å². The fourth-order valence-corrected chi connectivity index (χ4v) is 1.47. The highest BCUT2D eigenvalue weighted by atomic mass is 19.3. The molecule has 18 heavy (non-hydrogen) atoms. The van der Waals surface area contributed by atoms with E-state index in [0.717, 1.165) is 5.56 Å². The largest absolute Gasteiger partial charge is 0.394 e. The second-order valence-electron chi connectivity index (χ2n) is 3.81. The van der Waals surface area contributed by atoms with E-state index in [0.29, 0.717) is 6.42 Å². The highest BCUT2D eigenvalue weighted by molar-refractivity contribution is 5.74. The number of carbonyl (C=O) groups excluding carboxylic acids is 1. The van der Waals surface area contributed by atoms with Crippen LogP contribution in [0.3, 0.4) is 0 Å². The maximum absolute atomic E-state index is 11.9. The predicted octanol–water partition coefficient (Wildman–Crippen LogP) is 1.15. The number of hydrogen-bond acceptors (Lipinski definition) is 2. The smallest absolute Gasteiger partial charge is 0.315 e. The third-order valence-electron chi connectivity index (χ3n) is 2.30. The van der Waals surface area contributed by atoms with Gasteiger partial charge in [0.05, 0.1) is 19.2 Å². The lowest BCUT2D eigenvalue weighted by atomic mass is 10.1. The van der Waals surface area contributed by atoms with Gasteiger partial charge in [-0.2, -0.15) is 0 Å². The lowest BCUT2D eigenvalue weighted by molar-refractivity contribution is 0.145. The summed E-state index contributed by atoms with van der Waals surface area (Å²) in [5.41, 5.74) is 0.950. The molecule has 1 rings (SSSR count). The second kappa shape index (κ2) is 7.60. The first kappa shape index (κ1) is 14.4. The van der Waals surface area contributed by atoms with Gasteiger partial charge in [-0.25, -0.2) is 13.6 Å². The van der Waals surface area contributed by atoms with Crippen LogP contribution in [0.25, 0.3) is 0 Å². The number of benzene rings is 1.